The van der Waals surface area contributed by atoms with Gasteiger partial charge in [-0.3, -0.25) is 4.79 Å². The number of hydrogen-bond acceptors (Lipinski definition) is 4. The van der Waals surface area contributed by atoms with E-state index in [9.17, 15) is 9.90 Å². The van der Waals surface area contributed by atoms with Gasteiger partial charge in [0, 0.05) is 11.5 Å². The second-order valence-electron chi connectivity index (χ2n) is 6.59. The molecule has 0 radical (unpaired) electrons. The summed E-state index contributed by atoms with van der Waals surface area (Å²) in [6, 6.07) is 9.67. The number of carbonyl (C=O) groups excluding carboxylic acids is 1. The molecule has 0 saturated heterocycles. The summed E-state index contributed by atoms with van der Waals surface area (Å²) < 4.78 is 1.78. The molecule has 5 nitrogen and oxygen atoms in total. The summed E-state index contributed by atoms with van der Waals surface area (Å²) in [5, 5.41) is 14.5. The average molecular weight is 321 g/mol. The molecule has 1 saturated carbocycles. The molecule has 0 bridgehead atoms. The Kier molecular flexibility index (Phi) is 3.37. The molecule has 0 aliphatic heterocycles. The molecule has 24 heavy (non-hydrogen) atoms. The molecular weight excluding hydrogens is 302 g/mol. The Bertz CT molecular complexity index is 931. The van der Waals surface area contributed by atoms with Crippen molar-refractivity contribution in [2.24, 2.45) is 5.92 Å². The normalized spacial score (nSPS) is 14.2. The number of nitrogens with zero attached hydrogens (tertiary/aromatic N) is 3. The molecule has 1 aliphatic rings. The Morgan fingerprint density at radius 3 is 2.62 bits per heavy atom. The first-order valence-electron chi connectivity index (χ1n) is 8.21. The van der Waals surface area contributed by atoms with Crippen molar-refractivity contribution in [1.82, 2.24) is 14.6 Å². The number of aromatic nitrogens is 3. The van der Waals surface area contributed by atoms with Crippen LogP contribution in [0.5, 0.6) is 5.75 Å². The van der Waals surface area contributed by atoms with E-state index in [0.717, 1.165) is 40.9 Å². The fourth-order valence-corrected chi connectivity index (χ4v) is 3.05. The molecule has 0 unspecified atom stereocenters. The van der Waals surface area contributed by atoms with Gasteiger partial charge in [0.05, 0.1) is 12.1 Å². The molecule has 5 heteroatoms. The molecule has 2 aromatic heterocycles. The number of phenolic OH excluding ortho intramolecular Hbond substituents is 1. The van der Waals surface area contributed by atoms with Crippen LogP contribution in [0.25, 0.3) is 16.9 Å². The predicted octanol–water partition coefficient (Wildman–Crippen LogP) is 3.24. The minimum absolute atomic E-state index is 0.221. The highest BCUT2D eigenvalue weighted by atomic mass is 16.3. The van der Waals surface area contributed by atoms with Gasteiger partial charge in [-0.2, -0.15) is 5.10 Å². The van der Waals surface area contributed by atoms with E-state index in [1.807, 2.05) is 44.2 Å². The van der Waals surface area contributed by atoms with E-state index in [-0.39, 0.29) is 11.7 Å². The van der Waals surface area contributed by atoms with Gasteiger partial charge >= 0.3 is 0 Å². The third-order valence-electron chi connectivity index (χ3n) is 4.56. The maximum atomic E-state index is 12.0. The molecule has 0 spiro atoms. The third-order valence-corrected chi connectivity index (χ3v) is 4.56. The highest BCUT2D eigenvalue weighted by Gasteiger charge is 2.30. The standard InChI is InChI=1S/C19H19N3O2/c1-11-8-14(9-12(2)19(11)24)15-4-3-5-18-20-17(21-22(15)18)10-16(23)13-6-7-13/h3-5,8-9,13,24H,6-7,10H2,1-2H3. The lowest BCUT2D eigenvalue weighted by Gasteiger charge is -2.09. The summed E-state index contributed by atoms with van der Waals surface area (Å²) in [6.07, 6.45) is 2.31. The zero-order chi connectivity index (χ0) is 16.8. The number of fused-ring (bicyclic) bond motifs is 1. The topological polar surface area (TPSA) is 67.5 Å². The van der Waals surface area contributed by atoms with Gasteiger partial charge in [0.1, 0.15) is 11.5 Å². The van der Waals surface area contributed by atoms with Crippen molar-refractivity contribution in [3.8, 4) is 17.0 Å². The first-order valence-corrected chi connectivity index (χ1v) is 8.21. The van der Waals surface area contributed by atoms with Crippen molar-refractivity contribution in [2.75, 3.05) is 0 Å². The number of rotatable bonds is 4. The van der Waals surface area contributed by atoms with Crippen molar-refractivity contribution in [3.63, 3.8) is 0 Å². The summed E-state index contributed by atoms with van der Waals surface area (Å²) >= 11 is 0. The number of phenols is 1. The Hall–Kier alpha value is -2.69. The first-order chi connectivity index (χ1) is 11.5. The molecule has 1 N–H and O–H groups in total. The maximum Gasteiger partial charge on any atom is 0.159 e. The van der Waals surface area contributed by atoms with Gasteiger partial charge in [-0.25, -0.2) is 9.50 Å². The van der Waals surface area contributed by atoms with Crippen LogP contribution in [0, 0.1) is 19.8 Å². The number of hydrogen-bond donors (Lipinski definition) is 1. The fourth-order valence-electron chi connectivity index (χ4n) is 3.05. The molecule has 0 amide bonds. The minimum Gasteiger partial charge on any atom is -0.507 e. The first kappa shape index (κ1) is 14.9. The van der Waals surface area contributed by atoms with Crippen molar-refractivity contribution >= 4 is 11.4 Å². The van der Waals surface area contributed by atoms with Gasteiger partial charge in [0.2, 0.25) is 0 Å². The zero-order valence-electron chi connectivity index (χ0n) is 13.8. The van der Waals surface area contributed by atoms with Gasteiger partial charge in [-0.1, -0.05) is 6.07 Å². The summed E-state index contributed by atoms with van der Waals surface area (Å²) in [6.45, 7) is 3.76. The Morgan fingerprint density at radius 1 is 1.25 bits per heavy atom. The van der Waals surface area contributed by atoms with Gasteiger partial charge in [0.25, 0.3) is 0 Å². The quantitative estimate of drug-likeness (QED) is 0.801. The number of pyridine rings is 1. The number of ketones is 1. The lowest BCUT2D eigenvalue weighted by Crippen LogP contribution is -2.06. The largest absolute Gasteiger partial charge is 0.507 e. The number of aryl methyl sites for hydroxylation is 2. The second kappa shape index (κ2) is 5.44. The number of aromatic hydroxyl groups is 1. The molecular formula is C19H19N3O2. The molecule has 2 heterocycles. The predicted molar refractivity (Wildman–Crippen MR) is 91.0 cm³/mol. The highest BCUT2D eigenvalue weighted by molar-refractivity contribution is 5.84. The van der Waals surface area contributed by atoms with Crippen LogP contribution in [0.15, 0.2) is 30.3 Å². The average Bonchev–Trinajstić information content (AvgIpc) is 3.32. The van der Waals surface area contributed by atoms with E-state index < -0.39 is 0 Å². The van der Waals surface area contributed by atoms with Gasteiger partial charge < -0.3 is 5.11 Å². The molecule has 4 rings (SSSR count). The lowest BCUT2D eigenvalue weighted by molar-refractivity contribution is -0.119. The summed E-state index contributed by atoms with van der Waals surface area (Å²) in [5.74, 6) is 1.36. The Labute approximate surface area is 140 Å². The van der Waals surface area contributed by atoms with Gasteiger partial charge in [-0.05, 0) is 62.1 Å². The summed E-state index contributed by atoms with van der Waals surface area (Å²) in [7, 11) is 0. The van der Waals surface area contributed by atoms with E-state index in [1.54, 1.807) is 4.52 Å². The van der Waals surface area contributed by atoms with Crippen molar-refractivity contribution < 1.29 is 9.90 Å². The summed E-state index contributed by atoms with van der Waals surface area (Å²) in [4.78, 5) is 16.5. The Balaban J connectivity index is 1.78. The van der Waals surface area contributed by atoms with Crippen LogP contribution < -0.4 is 0 Å². The molecule has 0 atom stereocenters. The van der Waals surface area contributed by atoms with Crippen molar-refractivity contribution in [3.05, 3.63) is 47.3 Å². The highest BCUT2D eigenvalue weighted by Crippen LogP contribution is 2.31. The monoisotopic (exact) mass is 321 g/mol. The molecule has 3 aromatic rings. The van der Waals surface area contributed by atoms with Crippen LogP contribution in [-0.4, -0.2) is 25.5 Å². The summed E-state index contributed by atoms with van der Waals surface area (Å²) in [5.41, 5.74) is 4.25. The SMILES string of the molecule is Cc1cc(-c2cccc3nc(CC(=O)C4CC4)nn23)cc(C)c1O. The van der Waals surface area contributed by atoms with Crippen LogP contribution >= 0.6 is 0 Å². The van der Waals surface area contributed by atoms with Crippen LogP contribution in [0.3, 0.4) is 0 Å². The zero-order valence-corrected chi connectivity index (χ0v) is 13.8. The molecule has 1 fully saturated rings. The van der Waals surface area contributed by atoms with Crippen LogP contribution in [0.1, 0.15) is 29.8 Å². The number of Topliss-reactive ketones (excluding diaryl/α,β-unsaturated/α-hetero) is 1. The van der Waals surface area contributed by atoms with E-state index in [0.29, 0.717) is 18.0 Å². The smallest absolute Gasteiger partial charge is 0.159 e. The molecule has 122 valence electrons. The third kappa shape index (κ3) is 2.56. The second-order valence-corrected chi connectivity index (χ2v) is 6.59. The van der Waals surface area contributed by atoms with E-state index in [1.165, 1.54) is 0 Å². The van der Waals surface area contributed by atoms with E-state index >= 15 is 0 Å². The van der Waals surface area contributed by atoms with Crippen molar-refractivity contribution in [1.29, 1.82) is 0 Å². The van der Waals surface area contributed by atoms with Crippen LogP contribution in [0.2, 0.25) is 0 Å². The number of carbonyl (C=O) groups is 1. The fraction of sp³-hybridized carbons (Fsp3) is 0.316. The van der Waals surface area contributed by atoms with Crippen molar-refractivity contribution in [2.45, 2.75) is 33.1 Å². The minimum atomic E-state index is 0.221. The van der Waals surface area contributed by atoms with Gasteiger partial charge in [-0.15, -0.1) is 0 Å². The lowest BCUT2D eigenvalue weighted by atomic mass is 10.0. The van der Waals surface area contributed by atoms with Crippen LogP contribution in [0.4, 0.5) is 0 Å². The van der Waals surface area contributed by atoms with Crippen LogP contribution in [-0.2, 0) is 11.2 Å². The van der Waals surface area contributed by atoms with Gasteiger partial charge in [0.15, 0.2) is 11.5 Å². The van der Waals surface area contributed by atoms with E-state index in [2.05, 4.69) is 10.1 Å². The number of benzene rings is 1. The molecule has 1 aromatic carbocycles. The Morgan fingerprint density at radius 2 is 1.96 bits per heavy atom. The molecule has 1 aliphatic carbocycles. The maximum absolute atomic E-state index is 12.0. The van der Waals surface area contributed by atoms with E-state index in [4.69, 9.17) is 0 Å².